The van der Waals surface area contributed by atoms with Gasteiger partial charge in [0.25, 0.3) is 0 Å². The molecule has 1 fully saturated rings. The molecule has 0 spiro atoms. The molecule has 2 N–H and O–H groups in total. The predicted molar refractivity (Wildman–Crippen MR) is 65.7 cm³/mol. The highest BCUT2D eigenvalue weighted by Crippen LogP contribution is 2.14. The van der Waals surface area contributed by atoms with Gasteiger partial charge in [0.15, 0.2) is 0 Å². The largest absolute Gasteiger partial charge is 0.445 e. The molecule has 1 amide bonds. The fraction of sp³-hybridized carbons (Fsp3) is 0.462. The second kappa shape index (κ2) is 5.82. The second-order valence-corrected chi connectivity index (χ2v) is 4.54. The summed E-state index contributed by atoms with van der Waals surface area (Å²) in [5.41, 5.74) is 6.58. The normalized spacial score (nSPS) is 23.8. The van der Waals surface area contributed by atoms with Crippen molar-refractivity contribution in [1.82, 2.24) is 4.90 Å². The van der Waals surface area contributed by atoms with Crippen LogP contribution in [0.15, 0.2) is 30.3 Å². The number of amides is 1. The van der Waals surface area contributed by atoms with Crippen LogP contribution in [-0.4, -0.2) is 36.3 Å². The van der Waals surface area contributed by atoms with Crippen molar-refractivity contribution in [3.05, 3.63) is 35.9 Å². The van der Waals surface area contributed by atoms with E-state index >= 15 is 0 Å². The van der Waals surface area contributed by atoms with Crippen molar-refractivity contribution in [1.29, 1.82) is 0 Å². The van der Waals surface area contributed by atoms with Gasteiger partial charge in [-0.1, -0.05) is 30.3 Å². The van der Waals surface area contributed by atoms with Crippen molar-refractivity contribution in [3.8, 4) is 0 Å². The third-order valence-electron chi connectivity index (χ3n) is 2.90. The SMILES string of the molecule is N[C@H]1C[C@@H](F)CN(C(=O)OCc2ccccc2)C1. The Morgan fingerprint density at radius 3 is 2.78 bits per heavy atom. The lowest BCUT2D eigenvalue weighted by molar-refractivity contribution is 0.0666. The molecule has 98 valence electrons. The number of ether oxygens (including phenoxy) is 1. The van der Waals surface area contributed by atoms with Gasteiger partial charge in [-0.05, 0) is 12.0 Å². The maximum Gasteiger partial charge on any atom is 0.410 e. The summed E-state index contributed by atoms with van der Waals surface area (Å²) in [5, 5.41) is 0. The summed E-state index contributed by atoms with van der Waals surface area (Å²) in [5.74, 6) is 0. The van der Waals surface area contributed by atoms with Crippen molar-refractivity contribution in [3.63, 3.8) is 0 Å². The van der Waals surface area contributed by atoms with Crippen molar-refractivity contribution in [2.45, 2.75) is 25.2 Å². The fourth-order valence-electron chi connectivity index (χ4n) is 2.03. The van der Waals surface area contributed by atoms with Gasteiger partial charge in [-0.2, -0.15) is 0 Å². The van der Waals surface area contributed by atoms with Crippen LogP contribution in [0.5, 0.6) is 0 Å². The molecule has 0 unspecified atom stereocenters. The highest BCUT2D eigenvalue weighted by atomic mass is 19.1. The highest BCUT2D eigenvalue weighted by molar-refractivity contribution is 5.67. The van der Waals surface area contributed by atoms with Crippen LogP contribution in [0.1, 0.15) is 12.0 Å². The molecule has 0 radical (unpaired) electrons. The number of alkyl halides is 1. The number of hydrogen-bond donors (Lipinski definition) is 1. The van der Waals surface area contributed by atoms with Crippen molar-refractivity contribution in [2.24, 2.45) is 5.73 Å². The van der Waals surface area contributed by atoms with Crippen LogP contribution < -0.4 is 5.73 Å². The van der Waals surface area contributed by atoms with Crippen molar-refractivity contribution >= 4 is 6.09 Å². The maximum absolute atomic E-state index is 13.3. The average molecular weight is 252 g/mol. The van der Waals surface area contributed by atoms with E-state index in [-0.39, 0.29) is 19.2 Å². The number of nitrogens with zero attached hydrogens (tertiary/aromatic N) is 1. The van der Waals surface area contributed by atoms with Gasteiger partial charge in [-0.25, -0.2) is 9.18 Å². The van der Waals surface area contributed by atoms with Crippen LogP contribution in [0.3, 0.4) is 0 Å². The van der Waals surface area contributed by atoms with Crippen molar-refractivity contribution < 1.29 is 13.9 Å². The number of rotatable bonds is 2. The van der Waals surface area contributed by atoms with E-state index in [0.717, 1.165) is 5.56 Å². The zero-order chi connectivity index (χ0) is 13.0. The predicted octanol–water partition coefficient (Wildman–Crippen LogP) is 1.69. The molecule has 0 saturated carbocycles. The summed E-state index contributed by atoms with van der Waals surface area (Å²) >= 11 is 0. The molecule has 1 saturated heterocycles. The minimum atomic E-state index is -1.06. The molecule has 1 aliphatic rings. The first kappa shape index (κ1) is 12.8. The third-order valence-corrected chi connectivity index (χ3v) is 2.90. The summed E-state index contributed by atoms with van der Waals surface area (Å²) in [6.45, 7) is 0.623. The molecular formula is C13H17FN2O2. The molecule has 4 nitrogen and oxygen atoms in total. The van der Waals surface area contributed by atoms with E-state index < -0.39 is 12.3 Å². The summed E-state index contributed by atoms with van der Waals surface area (Å²) in [6.07, 6.45) is -1.25. The molecule has 18 heavy (non-hydrogen) atoms. The number of hydrogen-bond acceptors (Lipinski definition) is 3. The Labute approximate surface area is 106 Å². The lowest BCUT2D eigenvalue weighted by Crippen LogP contribution is -2.50. The zero-order valence-corrected chi connectivity index (χ0v) is 10.1. The minimum absolute atomic E-state index is 0.0708. The first-order chi connectivity index (χ1) is 8.65. The van der Waals surface area contributed by atoms with E-state index in [1.807, 2.05) is 30.3 Å². The van der Waals surface area contributed by atoms with Gasteiger partial charge in [0.1, 0.15) is 12.8 Å². The molecule has 2 rings (SSSR count). The number of benzene rings is 1. The van der Waals surface area contributed by atoms with Gasteiger partial charge in [0.2, 0.25) is 0 Å². The van der Waals surface area contributed by atoms with E-state index in [0.29, 0.717) is 13.0 Å². The summed E-state index contributed by atoms with van der Waals surface area (Å²) in [6, 6.07) is 9.07. The number of carbonyl (C=O) groups excluding carboxylic acids is 1. The highest BCUT2D eigenvalue weighted by Gasteiger charge is 2.28. The van der Waals surface area contributed by atoms with Gasteiger partial charge in [0, 0.05) is 12.6 Å². The van der Waals surface area contributed by atoms with E-state index in [9.17, 15) is 9.18 Å². The molecule has 0 aliphatic carbocycles. The number of piperidine rings is 1. The topological polar surface area (TPSA) is 55.6 Å². The molecule has 0 aromatic heterocycles. The summed E-state index contributed by atoms with van der Waals surface area (Å²) in [7, 11) is 0. The Hall–Kier alpha value is -1.62. The maximum atomic E-state index is 13.3. The van der Waals surface area contributed by atoms with Crippen molar-refractivity contribution in [2.75, 3.05) is 13.1 Å². The van der Waals surface area contributed by atoms with Crippen LogP contribution in [0.4, 0.5) is 9.18 Å². The molecule has 1 heterocycles. The van der Waals surface area contributed by atoms with E-state index in [4.69, 9.17) is 10.5 Å². The Morgan fingerprint density at radius 1 is 1.39 bits per heavy atom. The standard InChI is InChI=1S/C13H17FN2O2/c14-11-6-12(15)8-16(7-11)13(17)18-9-10-4-2-1-3-5-10/h1-5,11-12H,6-9,15H2/t11-,12+/m1/s1. The quantitative estimate of drug-likeness (QED) is 0.871. The Morgan fingerprint density at radius 2 is 2.11 bits per heavy atom. The number of carbonyl (C=O) groups is 1. The molecule has 2 atom stereocenters. The van der Waals surface area contributed by atoms with Gasteiger partial charge >= 0.3 is 6.09 Å². The fourth-order valence-corrected chi connectivity index (χ4v) is 2.03. The number of nitrogens with two attached hydrogens (primary N) is 1. The smallest absolute Gasteiger partial charge is 0.410 e. The molecular weight excluding hydrogens is 235 g/mol. The monoisotopic (exact) mass is 252 g/mol. The zero-order valence-electron chi connectivity index (χ0n) is 10.1. The third kappa shape index (κ3) is 3.43. The van der Waals surface area contributed by atoms with Crippen LogP contribution in [0, 0.1) is 0 Å². The number of halogens is 1. The van der Waals surface area contributed by atoms with E-state index in [1.54, 1.807) is 0 Å². The Bertz CT molecular complexity index is 389. The first-order valence-electron chi connectivity index (χ1n) is 6.00. The minimum Gasteiger partial charge on any atom is -0.445 e. The molecule has 0 bridgehead atoms. The van der Waals surface area contributed by atoms with Gasteiger partial charge in [0.05, 0.1) is 6.54 Å². The number of likely N-dealkylation sites (tertiary alicyclic amines) is 1. The lowest BCUT2D eigenvalue weighted by atomic mass is 10.1. The van der Waals surface area contributed by atoms with Crippen LogP contribution in [-0.2, 0) is 11.3 Å². The van der Waals surface area contributed by atoms with Crippen LogP contribution in [0.25, 0.3) is 0 Å². The first-order valence-corrected chi connectivity index (χ1v) is 6.00. The van der Waals surface area contributed by atoms with Gasteiger partial charge in [-0.3, -0.25) is 0 Å². The average Bonchev–Trinajstić information content (AvgIpc) is 2.36. The molecule has 1 aliphatic heterocycles. The van der Waals surface area contributed by atoms with Crippen LogP contribution in [0.2, 0.25) is 0 Å². The summed E-state index contributed by atoms with van der Waals surface area (Å²) in [4.78, 5) is 13.1. The van der Waals surface area contributed by atoms with E-state index in [1.165, 1.54) is 4.90 Å². The lowest BCUT2D eigenvalue weighted by Gasteiger charge is -2.32. The van der Waals surface area contributed by atoms with Crippen LogP contribution >= 0.6 is 0 Å². The van der Waals surface area contributed by atoms with Gasteiger partial charge < -0.3 is 15.4 Å². The van der Waals surface area contributed by atoms with Gasteiger partial charge in [-0.15, -0.1) is 0 Å². The Balaban J connectivity index is 1.84. The Kier molecular flexibility index (Phi) is 4.15. The molecule has 1 aromatic carbocycles. The molecule has 5 heteroatoms. The second-order valence-electron chi connectivity index (χ2n) is 4.54. The van der Waals surface area contributed by atoms with E-state index in [2.05, 4.69) is 0 Å². The summed E-state index contributed by atoms with van der Waals surface area (Å²) < 4.78 is 18.4. The molecule has 1 aromatic rings.